The molecule has 1 aromatic heterocycles. The summed E-state index contributed by atoms with van der Waals surface area (Å²) in [6, 6.07) is 15.8. The molecule has 3 rings (SSSR count). The Kier molecular flexibility index (Phi) is 2.71. The number of aromatic amines is 1. The number of hydrogen-bond donors (Lipinski definition) is 1. The summed E-state index contributed by atoms with van der Waals surface area (Å²) in [5.74, 6) is 0. The second kappa shape index (κ2) is 4.39. The van der Waals surface area contributed by atoms with E-state index in [4.69, 9.17) is 0 Å². The summed E-state index contributed by atoms with van der Waals surface area (Å²) in [5, 5.41) is 0.746. The molecular formula is C17H15NO. The van der Waals surface area contributed by atoms with Gasteiger partial charge in [-0.1, -0.05) is 42.0 Å². The van der Waals surface area contributed by atoms with Gasteiger partial charge in [-0.3, -0.25) is 4.79 Å². The quantitative estimate of drug-likeness (QED) is 0.699. The second-order valence-electron chi connectivity index (χ2n) is 4.87. The maximum Gasteiger partial charge on any atom is 0.192 e. The van der Waals surface area contributed by atoms with E-state index < -0.39 is 0 Å². The van der Waals surface area contributed by atoms with Gasteiger partial charge in [0.05, 0.1) is 5.69 Å². The normalized spacial score (nSPS) is 10.8. The largest absolute Gasteiger partial charge is 0.354 e. The molecule has 0 amide bonds. The SMILES string of the molecule is Cc1ccc(-c2[nH]c3ccccc3c(=O)c2C)cc1. The standard InChI is InChI=1S/C17H15NO/c1-11-7-9-13(10-8-11)16-12(2)17(19)14-5-3-4-6-15(14)18-16/h3-10H,1-2H3,(H,18,19). The van der Waals surface area contributed by atoms with Crippen LogP contribution in [0.25, 0.3) is 22.2 Å². The lowest BCUT2D eigenvalue weighted by atomic mass is 10.0. The number of benzene rings is 2. The first kappa shape index (κ1) is 11.7. The van der Waals surface area contributed by atoms with Gasteiger partial charge in [-0.25, -0.2) is 0 Å². The van der Waals surface area contributed by atoms with Gasteiger partial charge in [-0.05, 0) is 31.5 Å². The Hall–Kier alpha value is -2.35. The second-order valence-corrected chi connectivity index (χ2v) is 4.87. The van der Waals surface area contributed by atoms with Crippen molar-refractivity contribution in [1.29, 1.82) is 0 Å². The van der Waals surface area contributed by atoms with E-state index in [1.165, 1.54) is 5.56 Å². The average Bonchev–Trinajstić information content (AvgIpc) is 2.44. The van der Waals surface area contributed by atoms with Crippen LogP contribution < -0.4 is 5.43 Å². The third-order valence-corrected chi connectivity index (χ3v) is 3.49. The van der Waals surface area contributed by atoms with Gasteiger partial charge in [0.1, 0.15) is 0 Å². The van der Waals surface area contributed by atoms with Crippen LogP contribution in [0.5, 0.6) is 0 Å². The zero-order chi connectivity index (χ0) is 13.4. The Morgan fingerprint density at radius 2 is 1.58 bits per heavy atom. The van der Waals surface area contributed by atoms with E-state index >= 15 is 0 Å². The lowest BCUT2D eigenvalue weighted by Gasteiger charge is -2.09. The van der Waals surface area contributed by atoms with Crippen molar-refractivity contribution in [2.24, 2.45) is 0 Å². The summed E-state index contributed by atoms with van der Waals surface area (Å²) >= 11 is 0. The number of nitrogens with one attached hydrogen (secondary N) is 1. The van der Waals surface area contributed by atoms with Crippen molar-refractivity contribution in [2.75, 3.05) is 0 Å². The summed E-state index contributed by atoms with van der Waals surface area (Å²) in [6.45, 7) is 3.93. The summed E-state index contributed by atoms with van der Waals surface area (Å²) in [7, 11) is 0. The molecule has 1 N–H and O–H groups in total. The summed E-state index contributed by atoms with van der Waals surface area (Å²) in [5.41, 5.74) is 4.92. The fourth-order valence-electron chi connectivity index (χ4n) is 2.34. The fraction of sp³-hybridized carbons (Fsp3) is 0.118. The number of hydrogen-bond acceptors (Lipinski definition) is 1. The number of H-pyrrole nitrogens is 1. The molecule has 3 aromatic rings. The van der Waals surface area contributed by atoms with Crippen molar-refractivity contribution in [3.8, 4) is 11.3 Å². The van der Waals surface area contributed by atoms with Crippen LogP contribution in [0.4, 0.5) is 0 Å². The molecule has 0 atom stereocenters. The van der Waals surface area contributed by atoms with E-state index in [0.717, 1.165) is 27.7 Å². The van der Waals surface area contributed by atoms with Gasteiger partial charge in [0.25, 0.3) is 0 Å². The van der Waals surface area contributed by atoms with E-state index in [1.807, 2.05) is 43.3 Å². The Morgan fingerprint density at radius 1 is 0.895 bits per heavy atom. The van der Waals surface area contributed by atoms with Gasteiger partial charge in [-0.15, -0.1) is 0 Å². The number of pyridine rings is 1. The molecule has 19 heavy (non-hydrogen) atoms. The molecule has 1 heterocycles. The first-order valence-corrected chi connectivity index (χ1v) is 6.35. The molecule has 0 saturated carbocycles. The van der Waals surface area contributed by atoms with Crippen LogP contribution in [0.3, 0.4) is 0 Å². The third kappa shape index (κ3) is 1.95. The fourth-order valence-corrected chi connectivity index (χ4v) is 2.34. The van der Waals surface area contributed by atoms with Gasteiger partial charge in [0, 0.05) is 16.5 Å². The van der Waals surface area contributed by atoms with E-state index in [0.29, 0.717) is 0 Å². The zero-order valence-corrected chi connectivity index (χ0v) is 11.0. The number of para-hydroxylation sites is 1. The maximum absolute atomic E-state index is 12.4. The van der Waals surface area contributed by atoms with Crippen LogP contribution in [-0.4, -0.2) is 4.98 Å². The Labute approximate surface area is 111 Å². The van der Waals surface area contributed by atoms with Crippen LogP contribution in [0, 0.1) is 13.8 Å². The van der Waals surface area contributed by atoms with E-state index in [9.17, 15) is 4.79 Å². The third-order valence-electron chi connectivity index (χ3n) is 3.49. The first-order valence-electron chi connectivity index (χ1n) is 6.35. The minimum absolute atomic E-state index is 0.102. The molecule has 0 fully saturated rings. The molecule has 94 valence electrons. The molecule has 0 aliphatic rings. The molecule has 0 aliphatic heterocycles. The average molecular weight is 249 g/mol. The van der Waals surface area contributed by atoms with Crippen molar-refractivity contribution in [1.82, 2.24) is 4.98 Å². The van der Waals surface area contributed by atoms with E-state index in [1.54, 1.807) is 0 Å². The molecule has 2 nitrogen and oxygen atoms in total. The van der Waals surface area contributed by atoms with Crippen molar-refractivity contribution in [3.05, 3.63) is 69.9 Å². The number of fused-ring (bicyclic) bond motifs is 1. The Balaban J connectivity index is 2.33. The monoisotopic (exact) mass is 249 g/mol. The highest BCUT2D eigenvalue weighted by Gasteiger charge is 2.09. The van der Waals surface area contributed by atoms with Gasteiger partial charge in [-0.2, -0.15) is 0 Å². The molecular weight excluding hydrogens is 234 g/mol. The predicted octanol–water partition coefficient (Wildman–Crippen LogP) is 3.81. The topological polar surface area (TPSA) is 32.9 Å². The minimum Gasteiger partial charge on any atom is -0.354 e. The first-order chi connectivity index (χ1) is 9.16. The number of aromatic nitrogens is 1. The van der Waals surface area contributed by atoms with Gasteiger partial charge in [0.2, 0.25) is 0 Å². The van der Waals surface area contributed by atoms with E-state index in [-0.39, 0.29) is 5.43 Å². The maximum atomic E-state index is 12.4. The highest BCUT2D eigenvalue weighted by Crippen LogP contribution is 2.22. The summed E-state index contributed by atoms with van der Waals surface area (Å²) < 4.78 is 0. The van der Waals surface area contributed by atoms with Crippen molar-refractivity contribution >= 4 is 10.9 Å². The molecule has 0 spiro atoms. The minimum atomic E-state index is 0.102. The van der Waals surface area contributed by atoms with Crippen LogP contribution >= 0.6 is 0 Å². The molecule has 0 bridgehead atoms. The molecule has 0 aliphatic carbocycles. The van der Waals surface area contributed by atoms with Crippen molar-refractivity contribution in [2.45, 2.75) is 13.8 Å². The van der Waals surface area contributed by atoms with Gasteiger partial charge < -0.3 is 4.98 Å². The lowest BCUT2D eigenvalue weighted by Crippen LogP contribution is -2.09. The molecule has 2 aromatic carbocycles. The summed E-state index contributed by atoms with van der Waals surface area (Å²) in [4.78, 5) is 15.7. The van der Waals surface area contributed by atoms with Gasteiger partial charge >= 0.3 is 0 Å². The molecule has 0 unspecified atom stereocenters. The molecule has 2 heteroatoms. The lowest BCUT2D eigenvalue weighted by molar-refractivity contribution is 1.29. The van der Waals surface area contributed by atoms with E-state index in [2.05, 4.69) is 24.0 Å². The van der Waals surface area contributed by atoms with Crippen LogP contribution in [0.1, 0.15) is 11.1 Å². The molecule has 0 saturated heterocycles. The number of rotatable bonds is 1. The smallest absolute Gasteiger partial charge is 0.192 e. The molecule has 0 radical (unpaired) electrons. The highest BCUT2D eigenvalue weighted by molar-refractivity contribution is 5.83. The van der Waals surface area contributed by atoms with Crippen LogP contribution in [-0.2, 0) is 0 Å². The van der Waals surface area contributed by atoms with Crippen molar-refractivity contribution < 1.29 is 0 Å². The van der Waals surface area contributed by atoms with Gasteiger partial charge in [0.15, 0.2) is 5.43 Å². The summed E-state index contributed by atoms with van der Waals surface area (Å²) in [6.07, 6.45) is 0. The number of aryl methyl sites for hydroxylation is 1. The Morgan fingerprint density at radius 3 is 2.32 bits per heavy atom. The highest BCUT2D eigenvalue weighted by atomic mass is 16.1. The van der Waals surface area contributed by atoms with Crippen molar-refractivity contribution in [3.63, 3.8) is 0 Å². The van der Waals surface area contributed by atoms with Crippen LogP contribution in [0.15, 0.2) is 53.3 Å². The zero-order valence-electron chi connectivity index (χ0n) is 11.0. The van der Waals surface area contributed by atoms with Crippen LogP contribution in [0.2, 0.25) is 0 Å². The predicted molar refractivity (Wildman–Crippen MR) is 79.5 cm³/mol. The Bertz CT molecular complexity index is 798.